The summed E-state index contributed by atoms with van der Waals surface area (Å²) < 4.78 is 10.9. The highest BCUT2D eigenvalue weighted by Gasteiger charge is 2.46. The lowest BCUT2D eigenvalue weighted by Crippen LogP contribution is -2.42. The number of nitrogens with one attached hydrogen (secondary N) is 1. The predicted molar refractivity (Wildman–Crippen MR) is 139 cm³/mol. The van der Waals surface area contributed by atoms with Gasteiger partial charge in [0.2, 0.25) is 6.79 Å². The van der Waals surface area contributed by atoms with Crippen LogP contribution in [0.4, 0.5) is 5.69 Å². The first-order chi connectivity index (χ1) is 17.9. The summed E-state index contributed by atoms with van der Waals surface area (Å²) >= 11 is 0. The highest BCUT2D eigenvalue weighted by molar-refractivity contribution is 5.96. The summed E-state index contributed by atoms with van der Waals surface area (Å²) in [7, 11) is 3.48. The van der Waals surface area contributed by atoms with E-state index in [1.165, 1.54) is 0 Å². The van der Waals surface area contributed by atoms with Gasteiger partial charge in [-0.15, -0.1) is 0 Å². The largest absolute Gasteiger partial charge is 0.454 e. The lowest BCUT2D eigenvalue weighted by Gasteiger charge is -2.39. The minimum absolute atomic E-state index is 0.0108. The molecule has 2 N–H and O–H groups in total. The molecule has 3 aliphatic rings. The van der Waals surface area contributed by atoms with E-state index < -0.39 is 0 Å². The zero-order chi connectivity index (χ0) is 25.7. The van der Waals surface area contributed by atoms with Crippen molar-refractivity contribution in [2.24, 2.45) is 5.92 Å². The molecule has 8 nitrogen and oxygen atoms in total. The van der Waals surface area contributed by atoms with Crippen molar-refractivity contribution in [3.8, 4) is 22.6 Å². The van der Waals surface area contributed by atoms with Gasteiger partial charge >= 0.3 is 0 Å². The number of nitrogens with zero attached hydrogens (tertiary/aromatic N) is 2. The molecule has 3 heterocycles. The fourth-order valence-corrected chi connectivity index (χ4v) is 5.76. The first kappa shape index (κ1) is 23.4. The number of hydrogen-bond acceptors (Lipinski definition) is 6. The van der Waals surface area contributed by atoms with E-state index in [4.69, 9.17) is 9.47 Å². The maximum atomic E-state index is 13.7. The SMILES string of the molecule is CN(C)C(=O)c1cccc(-c2ccc3c(c2)[C@@H]2[C@@H](CCN2C(=O)c2ccc4c(c2)OCO4)[C@H](CO)N3)c1. The molecule has 37 heavy (non-hydrogen) atoms. The summed E-state index contributed by atoms with van der Waals surface area (Å²) in [5.74, 6) is 1.17. The molecule has 2 amide bonds. The maximum absolute atomic E-state index is 13.7. The number of rotatable bonds is 4. The topological polar surface area (TPSA) is 91.3 Å². The van der Waals surface area contributed by atoms with Gasteiger partial charge < -0.3 is 29.7 Å². The van der Waals surface area contributed by atoms with E-state index >= 15 is 0 Å². The molecule has 0 bridgehead atoms. The van der Waals surface area contributed by atoms with Gasteiger partial charge in [-0.1, -0.05) is 18.2 Å². The van der Waals surface area contributed by atoms with E-state index in [-0.39, 0.29) is 43.2 Å². The summed E-state index contributed by atoms with van der Waals surface area (Å²) in [5, 5.41) is 13.6. The molecule has 0 saturated carbocycles. The van der Waals surface area contributed by atoms with E-state index in [1.807, 2.05) is 41.3 Å². The Kier molecular flexibility index (Phi) is 5.76. The Labute approximate surface area is 215 Å². The minimum atomic E-state index is -0.183. The second kappa shape index (κ2) is 9.12. The van der Waals surface area contributed by atoms with Gasteiger partial charge in [0.05, 0.1) is 18.7 Å². The average Bonchev–Trinajstić information content (AvgIpc) is 3.59. The fraction of sp³-hybridized carbons (Fsp3) is 0.310. The van der Waals surface area contributed by atoms with Crippen LogP contribution in [-0.2, 0) is 0 Å². The van der Waals surface area contributed by atoms with E-state index in [9.17, 15) is 14.7 Å². The predicted octanol–water partition coefficient (Wildman–Crippen LogP) is 3.77. The minimum Gasteiger partial charge on any atom is -0.454 e. The van der Waals surface area contributed by atoms with Crippen LogP contribution in [0.1, 0.15) is 38.7 Å². The van der Waals surface area contributed by atoms with Gasteiger partial charge in [0, 0.05) is 43.4 Å². The molecule has 1 saturated heterocycles. The lowest BCUT2D eigenvalue weighted by molar-refractivity contribution is 0.0700. The first-order valence-corrected chi connectivity index (χ1v) is 12.5. The number of hydrogen-bond donors (Lipinski definition) is 2. The second-order valence-electron chi connectivity index (χ2n) is 9.98. The summed E-state index contributed by atoms with van der Waals surface area (Å²) in [4.78, 5) is 29.8. The first-order valence-electron chi connectivity index (χ1n) is 12.5. The molecule has 0 unspecified atom stereocenters. The molecule has 3 aromatic rings. The van der Waals surface area contributed by atoms with E-state index in [0.717, 1.165) is 28.8 Å². The van der Waals surface area contributed by atoms with Crippen LogP contribution in [0, 0.1) is 5.92 Å². The molecule has 3 atom stereocenters. The molecule has 3 aliphatic heterocycles. The van der Waals surface area contributed by atoms with Crippen LogP contribution in [0.5, 0.6) is 11.5 Å². The van der Waals surface area contributed by atoms with Crippen LogP contribution in [0.3, 0.4) is 0 Å². The van der Waals surface area contributed by atoms with Crippen LogP contribution in [0.2, 0.25) is 0 Å². The molecule has 190 valence electrons. The molecule has 0 spiro atoms. The zero-order valence-electron chi connectivity index (χ0n) is 20.8. The molecular formula is C29H29N3O5. The van der Waals surface area contributed by atoms with Gasteiger partial charge in [-0.2, -0.15) is 0 Å². The van der Waals surface area contributed by atoms with Crippen LogP contribution in [-0.4, -0.2) is 66.8 Å². The summed E-state index contributed by atoms with van der Waals surface area (Å²) in [6, 6.07) is 18.7. The maximum Gasteiger partial charge on any atom is 0.254 e. The van der Waals surface area contributed by atoms with Gasteiger partial charge in [-0.3, -0.25) is 9.59 Å². The Bertz CT molecular complexity index is 1390. The van der Waals surface area contributed by atoms with Gasteiger partial charge in [-0.05, 0) is 65.6 Å². The third kappa shape index (κ3) is 3.97. The van der Waals surface area contributed by atoms with Crippen molar-refractivity contribution in [2.45, 2.75) is 18.5 Å². The molecular weight excluding hydrogens is 470 g/mol. The highest BCUT2D eigenvalue weighted by atomic mass is 16.7. The summed E-state index contributed by atoms with van der Waals surface area (Å²) in [6.07, 6.45) is 0.787. The number of anilines is 1. The van der Waals surface area contributed by atoms with Crippen molar-refractivity contribution >= 4 is 17.5 Å². The standard InChI is InChI=1S/C29H29N3O5/c1-31(2)28(34)19-5-3-4-17(12-19)18-6-8-23-22(13-18)27-21(24(15-33)30-23)10-11-32(27)29(35)20-7-9-25-26(14-20)37-16-36-25/h3-9,12-14,21,24,27,30,33H,10-11,15-16H2,1-2H3/t21-,24-,27-/m0/s1. The Morgan fingerprint density at radius 1 is 1.00 bits per heavy atom. The number of likely N-dealkylation sites (tertiary alicyclic amines) is 1. The number of carbonyl (C=O) groups excluding carboxylic acids is 2. The Morgan fingerprint density at radius 2 is 1.81 bits per heavy atom. The van der Waals surface area contributed by atoms with E-state index in [1.54, 1.807) is 37.2 Å². The van der Waals surface area contributed by atoms with Crippen LogP contribution >= 0.6 is 0 Å². The Balaban J connectivity index is 1.38. The molecule has 1 fully saturated rings. The van der Waals surface area contributed by atoms with E-state index in [2.05, 4.69) is 11.4 Å². The van der Waals surface area contributed by atoms with Crippen molar-refractivity contribution in [2.75, 3.05) is 39.4 Å². The number of fused-ring (bicyclic) bond motifs is 4. The van der Waals surface area contributed by atoms with Crippen LogP contribution < -0.4 is 14.8 Å². The molecule has 6 rings (SSSR count). The van der Waals surface area contributed by atoms with Crippen molar-refractivity contribution in [3.63, 3.8) is 0 Å². The second-order valence-corrected chi connectivity index (χ2v) is 9.98. The molecule has 8 heteroatoms. The van der Waals surface area contributed by atoms with Crippen LogP contribution in [0.25, 0.3) is 11.1 Å². The van der Waals surface area contributed by atoms with E-state index in [0.29, 0.717) is 29.2 Å². The van der Waals surface area contributed by atoms with Crippen LogP contribution in [0.15, 0.2) is 60.7 Å². The monoisotopic (exact) mass is 499 g/mol. The Morgan fingerprint density at radius 3 is 2.62 bits per heavy atom. The number of aliphatic hydroxyl groups excluding tert-OH is 1. The van der Waals surface area contributed by atoms with Gasteiger partial charge in [0.15, 0.2) is 11.5 Å². The summed E-state index contributed by atoms with van der Waals surface area (Å²) in [6.45, 7) is 0.739. The normalized spacial score (nSPS) is 21.2. The third-order valence-corrected chi connectivity index (χ3v) is 7.60. The van der Waals surface area contributed by atoms with Crippen molar-refractivity contribution < 1.29 is 24.2 Å². The number of aliphatic hydroxyl groups is 1. The van der Waals surface area contributed by atoms with Crippen molar-refractivity contribution in [1.29, 1.82) is 0 Å². The molecule has 0 aromatic heterocycles. The fourth-order valence-electron chi connectivity index (χ4n) is 5.76. The molecule has 3 aromatic carbocycles. The number of ether oxygens (including phenoxy) is 2. The van der Waals surface area contributed by atoms with Crippen molar-refractivity contribution in [1.82, 2.24) is 9.80 Å². The number of benzene rings is 3. The summed E-state index contributed by atoms with van der Waals surface area (Å²) in [5.41, 5.74) is 5.01. The van der Waals surface area contributed by atoms with Crippen molar-refractivity contribution in [3.05, 3.63) is 77.4 Å². The number of amides is 2. The smallest absolute Gasteiger partial charge is 0.254 e. The lowest BCUT2D eigenvalue weighted by atomic mass is 9.82. The molecule has 0 radical (unpaired) electrons. The quantitative estimate of drug-likeness (QED) is 0.568. The average molecular weight is 500 g/mol. The molecule has 0 aliphatic carbocycles. The van der Waals surface area contributed by atoms with Gasteiger partial charge in [-0.25, -0.2) is 0 Å². The third-order valence-electron chi connectivity index (χ3n) is 7.60. The zero-order valence-corrected chi connectivity index (χ0v) is 20.8. The Hall–Kier alpha value is -4.04. The van der Waals surface area contributed by atoms with Gasteiger partial charge in [0.1, 0.15) is 0 Å². The van der Waals surface area contributed by atoms with Gasteiger partial charge in [0.25, 0.3) is 11.8 Å². The number of carbonyl (C=O) groups is 2. The highest BCUT2D eigenvalue weighted by Crippen LogP contribution is 2.48.